The van der Waals surface area contributed by atoms with Crippen molar-refractivity contribution < 1.29 is 14.8 Å². The number of nitro groups is 1. The number of hydrogen-bond acceptors (Lipinski definition) is 4. The number of benzene rings is 2. The van der Waals surface area contributed by atoms with E-state index in [4.69, 9.17) is 0 Å². The minimum absolute atomic E-state index is 0.0536. The van der Waals surface area contributed by atoms with Gasteiger partial charge in [0.1, 0.15) is 5.75 Å². The van der Waals surface area contributed by atoms with E-state index in [9.17, 15) is 20.0 Å². The summed E-state index contributed by atoms with van der Waals surface area (Å²) in [4.78, 5) is 24.0. The Morgan fingerprint density at radius 2 is 1.95 bits per heavy atom. The minimum Gasteiger partial charge on any atom is -0.508 e. The SMILES string of the molecule is CN(C(=O)Cc1ccccc1[N+](=O)[O-])c1cccc(O)c1. The maximum atomic E-state index is 12.2. The molecule has 0 saturated heterocycles. The third kappa shape index (κ3) is 3.36. The average Bonchev–Trinajstić information content (AvgIpc) is 2.46. The fraction of sp³-hybridized carbons (Fsp3) is 0.133. The number of nitro benzene ring substituents is 1. The lowest BCUT2D eigenvalue weighted by Gasteiger charge is -2.17. The summed E-state index contributed by atoms with van der Waals surface area (Å²) in [5.74, 6) is -0.243. The van der Waals surface area contributed by atoms with Gasteiger partial charge < -0.3 is 10.0 Å². The van der Waals surface area contributed by atoms with Gasteiger partial charge in [-0.25, -0.2) is 0 Å². The number of hydrogen-bond donors (Lipinski definition) is 1. The number of rotatable bonds is 4. The predicted octanol–water partition coefficient (Wildman–Crippen LogP) is 2.51. The number of anilines is 1. The molecule has 0 aliphatic heterocycles. The highest BCUT2D eigenvalue weighted by Gasteiger charge is 2.18. The normalized spacial score (nSPS) is 10.1. The standard InChI is InChI=1S/C15H14N2O4/c1-16(12-6-4-7-13(18)10-12)15(19)9-11-5-2-3-8-14(11)17(20)21/h2-8,10,18H,9H2,1H3. The molecular formula is C15H14N2O4. The van der Waals surface area contributed by atoms with E-state index in [-0.39, 0.29) is 23.8 Å². The van der Waals surface area contributed by atoms with Gasteiger partial charge in [0, 0.05) is 30.4 Å². The van der Waals surface area contributed by atoms with E-state index in [1.54, 1.807) is 37.4 Å². The molecule has 0 saturated carbocycles. The van der Waals surface area contributed by atoms with E-state index >= 15 is 0 Å². The fourth-order valence-corrected chi connectivity index (χ4v) is 1.97. The second-order valence-electron chi connectivity index (χ2n) is 4.54. The Balaban J connectivity index is 2.20. The number of nitrogens with zero attached hydrogens (tertiary/aromatic N) is 2. The summed E-state index contributed by atoms with van der Waals surface area (Å²) >= 11 is 0. The van der Waals surface area contributed by atoms with Gasteiger partial charge in [-0.15, -0.1) is 0 Å². The van der Waals surface area contributed by atoms with Gasteiger partial charge in [0.2, 0.25) is 5.91 Å². The Hall–Kier alpha value is -2.89. The van der Waals surface area contributed by atoms with Gasteiger partial charge in [0.25, 0.3) is 5.69 Å². The molecule has 0 heterocycles. The van der Waals surface area contributed by atoms with Crippen LogP contribution in [0.5, 0.6) is 5.75 Å². The molecule has 2 aromatic rings. The number of para-hydroxylation sites is 1. The van der Waals surface area contributed by atoms with Crippen LogP contribution < -0.4 is 4.90 Å². The number of amides is 1. The zero-order valence-corrected chi connectivity index (χ0v) is 11.4. The number of aromatic hydroxyl groups is 1. The molecule has 0 atom stereocenters. The monoisotopic (exact) mass is 286 g/mol. The zero-order chi connectivity index (χ0) is 15.4. The highest BCUT2D eigenvalue weighted by molar-refractivity contribution is 5.94. The van der Waals surface area contributed by atoms with Crippen molar-refractivity contribution in [2.45, 2.75) is 6.42 Å². The van der Waals surface area contributed by atoms with E-state index in [2.05, 4.69) is 0 Å². The molecule has 2 aromatic carbocycles. The van der Waals surface area contributed by atoms with Crippen LogP contribution in [0.2, 0.25) is 0 Å². The second kappa shape index (κ2) is 6.04. The van der Waals surface area contributed by atoms with Gasteiger partial charge in [0.05, 0.1) is 11.3 Å². The Kier molecular flexibility index (Phi) is 4.18. The van der Waals surface area contributed by atoms with Crippen LogP contribution in [0.3, 0.4) is 0 Å². The fourth-order valence-electron chi connectivity index (χ4n) is 1.97. The predicted molar refractivity (Wildman–Crippen MR) is 78.3 cm³/mol. The Morgan fingerprint density at radius 3 is 2.62 bits per heavy atom. The Morgan fingerprint density at radius 1 is 1.24 bits per heavy atom. The topological polar surface area (TPSA) is 83.7 Å². The van der Waals surface area contributed by atoms with Crippen LogP contribution in [-0.2, 0) is 11.2 Å². The van der Waals surface area contributed by atoms with Gasteiger partial charge in [-0.05, 0) is 12.1 Å². The molecule has 0 aromatic heterocycles. The quantitative estimate of drug-likeness (QED) is 0.691. The van der Waals surface area contributed by atoms with Crippen LogP contribution in [0, 0.1) is 10.1 Å². The summed E-state index contributed by atoms with van der Waals surface area (Å²) < 4.78 is 0. The molecule has 0 aliphatic carbocycles. The number of carbonyl (C=O) groups excluding carboxylic acids is 1. The highest BCUT2D eigenvalue weighted by atomic mass is 16.6. The van der Waals surface area contributed by atoms with Crippen LogP contribution >= 0.6 is 0 Å². The summed E-state index contributed by atoms with van der Waals surface area (Å²) in [5.41, 5.74) is 0.813. The lowest BCUT2D eigenvalue weighted by Crippen LogP contribution is -2.28. The van der Waals surface area contributed by atoms with Crippen molar-refractivity contribution in [3.8, 4) is 5.75 Å². The van der Waals surface area contributed by atoms with Crippen LogP contribution in [0.15, 0.2) is 48.5 Å². The summed E-state index contributed by atoms with van der Waals surface area (Å²) in [6, 6.07) is 12.4. The summed E-state index contributed by atoms with van der Waals surface area (Å²) in [7, 11) is 1.56. The first-order chi connectivity index (χ1) is 9.99. The highest BCUT2D eigenvalue weighted by Crippen LogP contribution is 2.22. The van der Waals surface area contributed by atoms with Crippen molar-refractivity contribution >= 4 is 17.3 Å². The second-order valence-corrected chi connectivity index (χ2v) is 4.54. The molecule has 0 radical (unpaired) electrons. The van der Waals surface area contributed by atoms with E-state index in [1.165, 1.54) is 23.1 Å². The molecule has 1 amide bonds. The van der Waals surface area contributed by atoms with Gasteiger partial charge in [-0.2, -0.15) is 0 Å². The van der Waals surface area contributed by atoms with Crippen LogP contribution in [0.1, 0.15) is 5.56 Å². The van der Waals surface area contributed by atoms with Crippen molar-refractivity contribution in [3.63, 3.8) is 0 Å². The van der Waals surface area contributed by atoms with E-state index in [0.29, 0.717) is 11.3 Å². The van der Waals surface area contributed by atoms with Crippen LogP contribution in [0.25, 0.3) is 0 Å². The van der Waals surface area contributed by atoms with Gasteiger partial charge in [-0.3, -0.25) is 14.9 Å². The van der Waals surface area contributed by atoms with Crippen molar-refractivity contribution in [3.05, 3.63) is 64.2 Å². The number of phenols is 1. The van der Waals surface area contributed by atoms with Crippen LogP contribution in [-0.4, -0.2) is 23.0 Å². The minimum atomic E-state index is -0.503. The number of likely N-dealkylation sites (N-methyl/N-ethyl adjacent to an activating group) is 1. The Labute approximate surface area is 121 Å². The maximum absolute atomic E-state index is 12.2. The molecule has 1 N–H and O–H groups in total. The lowest BCUT2D eigenvalue weighted by atomic mass is 10.1. The average molecular weight is 286 g/mol. The largest absolute Gasteiger partial charge is 0.508 e. The molecule has 2 rings (SSSR count). The molecule has 0 aliphatic rings. The van der Waals surface area contributed by atoms with Gasteiger partial charge in [0.15, 0.2) is 0 Å². The number of phenolic OH excluding ortho intramolecular Hbond substituents is 1. The first-order valence-corrected chi connectivity index (χ1v) is 6.27. The summed E-state index contributed by atoms with van der Waals surface area (Å²) in [6.45, 7) is 0. The first kappa shape index (κ1) is 14.5. The summed E-state index contributed by atoms with van der Waals surface area (Å²) in [5, 5.41) is 20.4. The molecular weight excluding hydrogens is 272 g/mol. The van der Waals surface area contributed by atoms with Crippen molar-refractivity contribution in [2.75, 3.05) is 11.9 Å². The number of carbonyl (C=O) groups is 1. The third-order valence-electron chi connectivity index (χ3n) is 3.12. The molecule has 0 fully saturated rings. The van der Waals surface area contributed by atoms with E-state index < -0.39 is 4.92 Å². The Bertz CT molecular complexity index is 685. The first-order valence-electron chi connectivity index (χ1n) is 6.27. The molecule has 6 nitrogen and oxygen atoms in total. The van der Waals surface area contributed by atoms with Gasteiger partial charge in [-0.1, -0.05) is 24.3 Å². The van der Waals surface area contributed by atoms with Crippen molar-refractivity contribution in [1.29, 1.82) is 0 Å². The van der Waals surface area contributed by atoms with Crippen molar-refractivity contribution in [1.82, 2.24) is 0 Å². The smallest absolute Gasteiger partial charge is 0.273 e. The molecule has 0 spiro atoms. The zero-order valence-electron chi connectivity index (χ0n) is 11.4. The molecule has 0 bridgehead atoms. The van der Waals surface area contributed by atoms with Gasteiger partial charge >= 0.3 is 0 Å². The van der Waals surface area contributed by atoms with Crippen LogP contribution in [0.4, 0.5) is 11.4 Å². The van der Waals surface area contributed by atoms with E-state index in [1.807, 2.05) is 0 Å². The maximum Gasteiger partial charge on any atom is 0.273 e. The molecule has 108 valence electrons. The molecule has 21 heavy (non-hydrogen) atoms. The third-order valence-corrected chi connectivity index (χ3v) is 3.12. The lowest BCUT2D eigenvalue weighted by molar-refractivity contribution is -0.385. The molecule has 6 heteroatoms. The summed E-state index contributed by atoms with van der Waals surface area (Å²) in [6.07, 6.45) is -0.0801. The molecule has 0 unspecified atom stereocenters. The van der Waals surface area contributed by atoms with E-state index in [0.717, 1.165) is 0 Å². The van der Waals surface area contributed by atoms with Crippen molar-refractivity contribution in [2.24, 2.45) is 0 Å².